The summed E-state index contributed by atoms with van der Waals surface area (Å²) in [6.07, 6.45) is 3.48. The monoisotopic (exact) mass is 210 g/mol. The van der Waals surface area contributed by atoms with E-state index in [9.17, 15) is 4.79 Å². The van der Waals surface area contributed by atoms with Crippen LogP contribution in [0.1, 0.15) is 33.1 Å². The summed E-state index contributed by atoms with van der Waals surface area (Å²) in [7, 11) is 0. The molecule has 1 saturated heterocycles. The minimum Gasteiger partial charge on any atom is -0.354 e. The number of nitrogens with one attached hydrogen (secondary N) is 2. The number of carbonyl (C=O) groups is 1. The summed E-state index contributed by atoms with van der Waals surface area (Å²) in [6.45, 7) is 6.34. The van der Waals surface area contributed by atoms with Crippen molar-refractivity contribution < 1.29 is 4.79 Å². The second kappa shape index (κ2) is 4.52. The fourth-order valence-electron chi connectivity index (χ4n) is 2.35. The first-order valence-corrected chi connectivity index (χ1v) is 6.18. The first-order chi connectivity index (χ1) is 7.16. The van der Waals surface area contributed by atoms with Gasteiger partial charge in [-0.15, -0.1) is 0 Å². The molecule has 4 unspecified atom stereocenters. The van der Waals surface area contributed by atoms with Gasteiger partial charge in [0, 0.05) is 6.54 Å². The molecule has 0 aromatic rings. The van der Waals surface area contributed by atoms with Crippen molar-refractivity contribution in [3.8, 4) is 0 Å². The molecule has 1 amide bonds. The average molecular weight is 210 g/mol. The highest BCUT2D eigenvalue weighted by atomic mass is 16.2. The number of hydrogen-bond acceptors (Lipinski definition) is 2. The van der Waals surface area contributed by atoms with E-state index in [2.05, 4.69) is 24.5 Å². The summed E-state index contributed by atoms with van der Waals surface area (Å²) >= 11 is 0. The number of hydrogen-bond donors (Lipinski definition) is 2. The van der Waals surface area contributed by atoms with Gasteiger partial charge in [0.25, 0.3) is 0 Å². The molecular formula is C12H22N2O. The highest BCUT2D eigenvalue weighted by molar-refractivity contribution is 5.81. The molecule has 1 saturated carbocycles. The summed E-state index contributed by atoms with van der Waals surface area (Å²) in [5, 5.41) is 6.36. The smallest absolute Gasteiger partial charge is 0.237 e. The lowest BCUT2D eigenvalue weighted by Gasteiger charge is -2.27. The van der Waals surface area contributed by atoms with E-state index >= 15 is 0 Å². The molecule has 1 aliphatic carbocycles. The van der Waals surface area contributed by atoms with Gasteiger partial charge in [0.05, 0.1) is 6.04 Å². The highest BCUT2D eigenvalue weighted by Crippen LogP contribution is 2.36. The highest BCUT2D eigenvalue weighted by Gasteiger charge is 2.33. The number of piperidine rings is 1. The third-order valence-corrected chi connectivity index (χ3v) is 3.80. The van der Waals surface area contributed by atoms with Gasteiger partial charge in [0.15, 0.2) is 0 Å². The molecule has 4 atom stereocenters. The van der Waals surface area contributed by atoms with E-state index < -0.39 is 0 Å². The first kappa shape index (κ1) is 10.9. The van der Waals surface area contributed by atoms with Gasteiger partial charge in [0.1, 0.15) is 0 Å². The summed E-state index contributed by atoms with van der Waals surface area (Å²) in [6, 6.07) is 0.0582. The third kappa shape index (κ3) is 2.94. The van der Waals surface area contributed by atoms with Gasteiger partial charge in [-0.3, -0.25) is 4.79 Å². The van der Waals surface area contributed by atoms with Crippen LogP contribution < -0.4 is 10.6 Å². The van der Waals surface area contributed by atoms with Gasteiger partial charge in [0.2, 0.25) is 5.91 Å². The van der Waals surface area contributed by atoms with E-state index in [-0.39, 0.29) is 11.9 Å². The number of rotatable bonds is 3. The van der Waals surface area contributed by atoms with Crippen molar-refractivity contribution in [1.29, 1.82) is 0 Å². The molecule has 1 aliphatic heterocycles. The molecular weight excluding hydrogens is 188 g/mol. The van der Waals surface area contributed by atoms with Gasteiger partial charge in [-0.1, -0.05) is 13.8 Å². The minimum atomic E-state index is 0.0582. The van der Waals surface area contributed by atoms with Crippen LogP contribution in [0.15, 0.2) is 0 Å². The standard InChI is InChI=1S/C12H22N2O/c1-8-3-4-13-11(5-8)12(15)14-7-10-6-9(10)2/h8-11,13H,3-7H2,1-2H3,(H,14,15). The van der Waals surface area contributed by atoms with Crippen molar-refractivity contribution in [2.75, 3.05) is 13.1 Å². The molecule has 0 bridgehead atoms. The van der Waals surface area contributed by atoms with Crippen LogP contribution in [0.5, 0.6) is 0 Å². The van der Waals surface area contributed by atoms with Crippen LogP contribution in [0.25, 0.3) is 0 Å². The Bertz CT molecular complexity index is 242. The molecule has 0 radical (unpaired) electrons. The fourth-order valence-corrected chi connectivity index (χ4v) is 2.35. The van der Waals surface area contributed by atoms with E-state index in [4.69, 9.17) is 0 Å². The molecule has 2 N–H and O–H groups in total. The predicted molar refractivity (Wildman–Crippen MR) is 60.5 cm³/mol. The molecule has 15 heavy (non-hydrogen) atoms. The zero-order chi connectivity index (χ0) is 10.8. The van der Waals surface area contributed by atoms with Crippen molar-refractivity contribution in [2.45, 2.75) is 39.2 Å². The second-order valence-electron chi connectivity index (χ2n) is 5.35. The topological polar surface area (TPSA) is 41.1 Å². The Morgan fingerprint density at radius 2 is 2.13 bits per heavy atom. The largest absolute Gasteiger partial charge is 0.354 e. The molecule has 3 heteroatoms. The Kier molecular flexibility index (Phi) is 3.29. The minimum absolute atomic E-state index is 0.0582. The number of amides is 1. The summed E-state index contributed by atoms with van der Waals surface area (Å²) in [4.78, 5) is 11.8. The summed E-state index contributed by atoms with van der Waals surface area (Å²) in [5.74, 6) is 2.46. The SMILES string of the molecule is CC1CCNC(C(=O)NCC2CC2C)C1. The van der Waals surface area contributed by atoms with Crippen molar-refractivity contribution in [2.24, 2.45) is 17.8 Å². The van der Waals surface area contributed by atoms with Crippen LogP contribution in [-0.2, 0) is 4.79 Å². The zero-order valence-electron chi connectivity index (χ0n) is 9.75. The van der Waals surface area contributed by atoms with E-state index in [1.54, 1.807) is 0 Å². The molecule has 0 spiro atoms. The molecule has 1 heterocycles. The third-order valence-electron chi connectivity index (χ3n) is 3.80. The van der Waals surface area contributed by atoms with Crippen LogP contribution in [0.2, 0.25) is 0 Å². The van der Waals surface area contributed by atoms with Crippen LogP contribution in [0.4, 0.5) is 0 Å². The Morgan fingerprint density at radius 3 is 2.73 bits per heavy atom. The maximum Gasteiger partial charge on any atom is 0.237 e. The summed E-state index contributed by atoms with van der Waals surface area (Å²) in [5.41, 5.74) is 0. The van der Waals surface area contributed by atoms with Crippen molar-refractivity contribution in [1.82, 2.24) is 10.6 Å². The van der Waals surface area contributed by atoms with E-state index in [0.29, 0.717) is 5.92 Å². The normalized spacial score (nSPS) is 39.9. The van der Waals surface area contributed by atoms with E-state index in [1.165, 1.54) is 12.8 Å². The average Bonchev–Trinajstić information content (AvgIpc) is 2.91. The lowest BCUT2D eigenvalue weighted by molar-refractivity contribution is -0.124. The van der Waals surface area contributed by atoms with Crippen LogP contribution in [-0.4, -0.2) is 25.0 Å². The van der Waals surface area contributed by atoms with E-state index in [1.807, 2.05) is 0 Å². The van der Waals surface area contributed by atoms with Crippen LogP contribution in [0, 0.1) is 17.8 Å². The van der Waals surface area contributed by atoms with Gasteiger partial charge >= 0.3 is 0 Å². The Balaban J connectivity index is 1.70. The predicted octanol–water partition coefficient (Wildman–Crippen LogP) is 1.15. The Labute approximate surface area is 92.0 Å². The van der Waals surface area contributed by atoms with Crippen LogP contribution >= 0.6 is 0 Å². The fraction of sp³-hybridized carbons (Fsp3) is 0.917. The van der Waals surface area contributed by atoms with Gasteiger partial charge < -0.3 is 10.6 Å². The molecule has 2 aliphatic rings. The van der Waals surface area contributed by atoms with Crippen molar-refractivity contribution >= 4 is 5.91 Å². The first-order valence-electron chi connectivity index (χ1n) is 6.18. The Hall–Kier alpha value is -0.570. The quantitative estimate of drug-likeness (QED) is 0.733. The van der Waals surface area contributed by atoms with Crippen LogP contribution in [0.3, 0.4) is 0 Å². The van der Waals surface area contributed by atoms with Crippen molar-refractivity contribution in [3.05, 3.63) is 0 Å². The molecule has 0 aromatic heterocycles. The molecule has 2 fully saturated rings. The van der Waals surface area contributed by atoms with Gasteiger partial charge in [-0.2, -0.15) is 0 Å². The molecule has 0 aromatic carbocycles. The van der Waals surface area contributed by atoms with E-state index in [0.717, 1.165) is 31.3 Å². The molecule has 86 valence electrons. The molecule has 2 rings (SSSR count). The maximum atomic E-state index is 11.8. The van der Waals surface area contributed by atoms with Crippen molar-refractivity contribution in [3.63, 3.8) is 0 Å². The summed E-state index contributed by atoms with van der Waals surface area (Å²) < 4.78 is 0. The van der Waals surface area contributed by atoms with Gasteiger partial charge in [-0.25, -0.2) is 0 Å². The lowest BCUT2D eigenvalue weighted by atomic mass is 9.94. The Morgan fingerprint density at radius 1 is 1.40 bits per heavy atom. The van der Waals surface area contributed by atoms with Gasteiger partial charge in [-0.05, 0) is 43.6 Å². The number of carbonyl (C=O) groups excluding carboxylic acids is 1. The zero-order valence-corrected chi connectivity index (χ0v) is 9.75. The second-order valence-corrected chi connectivity index (χ2v) is 5.35. The lowest BCUT2D eigenvalue weighted by Crippen LogP contribution is -2.48. The maximum absolute atomic E-state index is 11.8. The molecule has 3 nitrogen and oxygen atoms in total.